The lowest BCUT2D eigenvalue weighted by Gasteiger charge is -2.34. The van der Waals surface area contributed by atoms with Crippen LogP contribution in [0.2, 0.25) is 0 Å². The van der Waals surface area contributed by atoms with Crippen LogP contribution in [0, 0.1) is 0 Å². The second kappa shape index (κ2) is 5.73. The quantitative estimate of drug-likeness (QED) is 0.908. The van der Waals surface area contributed by atoms with Gasteiger partial charge in [0.05, 0.1) is 11.7 Å². The van der Waals surface area contributed by atoms with Crippen molar-refractivity contribution in [3.05, 3.63) is 35.4 Å². The first-order chi connectivity index (χ1) is 10.3. The monoisotopic (exact) mass is 285 g/mol. The van der Waals surface area contributed by atoms with Crippen molar-refractivity contribution in [3.63, 3.8) is 0 Å². The van der Waals surface area contributed by atoms with Crippen molar-refractivity contribution in [1.82, 2.24) is 5.32 Å². The maximum Gasteiger partial charge on any atom is 0.0708 e. The van der Waals surface area contributed by atoms with Crippen molar-refractivity contribution in [3.8, 4) is 0 Å². The molecular formula is C19H27NO. The van der Waals surface area contributed by atoms with Crippen LogP contribution in [0.3, 0.4) is 0 Å². The first-order valence-electron chi connectivity index (χ1n) is 8.81. The molecule has 1 spiro atoms. The van der Waals surface area contributed by atoms with Crippen LogP contribution in [-0.4, -0.2) is 24.8 Å². The Morgan fingerprint density at radius 2 is 1.90 bits per heavy atom. The third kappa shape index (κ3) is 2.76. The number of hydrogen-bond acceptors (Lipinski definition) is 2. The molecule has 2 unspecified atom stereocenters. The second-order valence-electron chi connectivity index (χ2n) is 7.28. The molecule has 2 atom stereocenters. The Morgan fingerprint density at radius 3 is 2.76 bits per heavy atom. The average Bonchev–Trinajstić information content (AvgIpc) is 2.87. The molecule has 1 aromatic carbocycles. The molecule has 2 heteroatoms. The number of fused-ring (bicyclic) bond motifs is 1. The summed E-state index contributed by atoms with van der Waals surface area (Å²) in [6.45, 7) is 2.16. The van der Waals surface area contributed by atoms with Crippen LogP contribution in [0.5, 0.6) is 0 Å². The minimum Gasteiger partial charge on any atom is -0.370 e. The average molecular weight is 285 g/mol. The molecule has 1 aliphatic heterocycles. The van der Waals surface area contributed by atoms with Crippen molar-refractivity contribution in [2.75, 3.05) is 13.1 Å². The van der Waals surface area contributed by atoms with Crippen LogP contribution in [0.15, 0.2) is 24.3 Å². The summed E-state index contributed by atoms with van der Waals surface area (Å²) in [6.07, 6.45) is 11.0. The lowest BCUT2D eigenvalue weighted by Crippen LogP contribution is -2.37. The molecular weight excluding hydrogens is 258 g/mol. The van der Waals surface area contributed by atoms with Gasteiger partial charge in [0, 0.05) is 19.0 Å². The Hall–Kier alpha value is -0.860. The van der Waals surface area contributed by atoms with Gasteiger partial charge >= 0.3 is 0 Å². The second-order valence-corrected chi connectivity index (χ2v) is 7.28. The zero-order valence-corrected chi connectivity index (χ0v) is 12.9. The summed E-state index contributed by atoms with van der Waals surface area (Å²) < 4.78 is 6.43. The summed E-state index contributed by atoms with van der Waals surface area (Å²) in [5.74, 6) is 0.728. The van der Waals surface area contributed by atoms with E-state index in [1.807, 2.05) is 0 Å². The fourth-order valence-corrected chi connectivity index (χ4v) is 4.57. The molecule has 0 aromatic heterocycles. The summed E-state index contributed by atoms with van der Waals surface area (Å²) in [7, 11) is 0. The normalized spacial score (nSPS) is 30.1. The molecule has 1 saturated heterocycles. The van der Waals surface area contributed by atoms with Crippen LogP contribution in [-0.2, 0) is 11.2 Å². The van der Waals surface area contributed by atoms with Crippen molar-refractivity contribution >= 4 is 0 Å². The van der Waals surface area contributed by atoms with Gasteiger partial charge in [-0.25, -0.2) is 0 Å². The van der Waals surface area contributed by atoms with E-state index in [0.717, 1.165) is 19.0 Å². The molecule has 1 aromatic rings. The summed E-state index contributed by atoms with van der Waals surface area (Å²) in [6, 6.07) is 8.86. The highest BCUT2D eigenvalue weighted by atomic mass is 16.5. The highest BCUT2D eigenvalue weighted by Gasteiger charge is 2.40. The Kier molecular flexibility index (Phi) is 3.76. The van der Waals surface area contributed by atoms with E-state index < -0.39 is 0 Å². The Bertz CT molecular complexity index is 492. The van der Waals surface area contributed by atoms with Crippen LogP contribution < -0.4 is 5.32 Å². The third-order valence-corrected chi connectivity index (χ3v) is 5.83. The smallest absolute Gasteiger partial charge is 0.0708 e. The van der Waals surface area contributed by atoms with Gasteiger partial charge in [-0.1, -0.05) is 43.5 Å². The number of benzene rings is 1. The Morgan fingerprint density at radius 1 is 1.05 bits per heavy atom. The highest BCUT2D eigenvalue weighted by Crippen LogP contribution is 2.41. The molecule has 2 nitrogen and oxygen atoms in total. The first kappa shape index (κ1) is 13.8. The summed E-state index contributed by atoms with van der Waals surface area (Å²) in [5.41, 5.74) is 3.37. The van der Waals surface area contributed by atoms with E-state index in [1.54, 1.807) is 11.1 Å². The molecule has 1 heterocycles. The molecule has 1 N–H and O–H groups in total. The first-order valence-corrected chi connectivity index (χ1v) is 8.81. The number of nitrogens with one attached hydrogen (secondary N) is 1. The fourth-order valence-electron chi connectivity index (χ4n) is 4.57. The van der Waals surface area contributed by atoms with Crippen LogP contribution in [0.1, 0.15) is 62.0 Å². The molecule has 4 rings (SSSR count). The van der Waals surface area contributed by atoms with Crippen molar-refractivity contribution in [1.29, 1.82) is 0 Å². The predicted molar refractivity (Wildman–Crippen MR) is 85.7 cm³/mol. The largest absolute Gasteiger partial charge is 0.370 e. The molecule has 0 amide bonds. The van der Waals surface area contributed by atoms with Crippen molar-refractivity contribution < 1.29 is 4.74 Å². The van der Waals surface area contributed by atoms with Gasteiger partial charge in [0.25, 0.3) is 0 Å². The molecule has 0 radical (unpaired) electrons. The van der Waals surface area contributed by atoms with Crippen LogP contribution >= 0.6 is 0 Å². The molecule has 1 saturated carbocycles. The maximum absolute atomic E-state index is 6.43. The Labute approximate surface area is 128 Å². The van der Waals surface area contributed by atoms with E-state index in [-0.39, 0.29) is 5.60 Å². The molecule has 114 valence electrons. The number of hydrogen-bond donors (Lipinski definition) is 1. The Balaban J connectivity index is 1.22. The van der Waals surface area contributed by atoms with Gasteiger partial charge in [-0.15, -0.1) is 0 Å². The molecule has 2 aliphatic carbocycles. The maximum atomic E-state index is 6.43. The van der Waals surface area contributed by atoms with Crippen molar-refractivity contribution in [2.24, 2.45) is 0 Å². The number of ether oxygens (including phenoxy) is 1. The van der Waals surface area contributed by atoms with Gasteiger partial charge in [0.2, 0.25) is 0 Å². The van der Waals surface area contributed by atoms with E-state index in [0.29, 0.717) is 6.10 Å². The SMILES string of the molecule is c1ccc2c(c1)CC2CNCC1CCC2(CCCCC2)O1. The molecule has 3 aliphatic rings. The van der Waals surface area contributed by atoms with Gasteiger partial charge < -0.3 is 10.1 Å². The fraction of sp³-hybridized carbons (Fsp3) is 0.684. The lowest BCUT2D eigenvalue weighted by molar-refractivity contribution is -0.0623. The van der Waals surface area contributed by atoms with E-state index >= 15 is 0 Å². The van der Waals surface area contributed by atoms with Gasteiger partial charge in [-0.05, 0) is 43.2 Å². The van der Waals surface area contributed by atoms with E-state index in [2.05, 4.69) is 29.6 Å². The van der Waals surface area contributed by atoms with Crippen LogP contribution in [0.4, 0.5) is 0 Å². The standard InChI is InChI=1S/C19H27NO/c1-4-9-19(10-5-1)11-8-17(21-19)14-20-13-16-12-15-6-2-3-7-18(15)16/h2-3,6-7,16-17,20H,1,4-5,8-14H2. The molecule has 0 bridgehead atoms. The van der Waals surface area contributed by atoms with Gasteiger partial charge in [0.1, 0.15) is 0 Å². The number of rotatable bonds is 4. The summed E-state index contributed by atoms with van der Waals surface area (Å²) in [4.78, 5) is 0. The summed E-state index contributed by atoms with van der Waals surface area (Å²) in [5, 5.41) is 3.67. The van der Waals surface area contributed by atoms with E-state index in [1.165, 1.54) is 51.4 Å². The minimum absolute atomic E-state index is 0.271. The van der Waals surface area contributed by atoms with Crippen LogP contribution in [0.25, 0.3) is 0 Å². The van der Waals surface area contributed by atoms with E-state index in [9.17, 15) is 0 Å². The zero-order chi connectivity index (χ0) is 14.1. The van der Waals surface area contributed by atoms with Crippen molar-refractivity contribution in [2.45, 2.75) is 69.0 Å². The molecule has 2 fully saturated rings. The summed E-state index contributed by atoms with van der Waals surface area (Å²) >= 11 is 0. The highest BCUT2D eigenvalue weighted by molar-refractivity contribution is 5.40. The van der Waals surface area contributed by atoms with Gasteiger partial charge in [0.15, 0.2) is 0 Å². The third-order valence-electron chi connectivity index (χ3n) is 5.83. The van der Waals surface area contributed by atoms with E-state index in [4.69, 9.17) is 4.74 Å². The topological polar surface area (TPSA) is 21.3 Å². The van der Waals surface area contributed by atoms with Gasteiger partial charge in [-0.3, -0.25) is 0 Å². The minimum atomic E-state index is 0.271. The lowest BCUT2D eigenvalue weighted by atomic mass is 9.77. The predicted octanol–water partition coefficient (Wildman–Crippen LogP) is 3.80. The van der Waals surface area contributed by atoms with Gasteiger partial charge in [-0.2, -0.15) is 0 Å². The zero-order valence-electron chi connectivity index (χ0n) is 12.9. The molecule has 21 heavy (non-hydrogen) atoms.